The first-order chi connectivity index (χ1) is 30.4. The smallest absolute Gasteiger partial charge is 0.0462 e. The Hall–Kier alpha value is -6.38. The highest BCUT2D eigenvalue weighted by molar-refractivity contribution is 5.79. The van der Waals surface area contributed by atoms with Crippen molar-refractivity contribution in [2.45, 2.75) is 99.3 Å². The summed E-state index contributed by atoms with van der Waals surface area (Å²) < 4.78 is 0. The first-order valence-corrected chi connectivity index (χ1v) is 23.0. The Morgan fingerprint density at radius 1 is 0.406 bits per heavy atom. The third-order valence-electron chi connectivity index (χ3n) is 11.5. The van der Waals surface area contributed by atoms with E-state index in [0.717, 1.165) is 56.4 Å². The van der Waals surface area contributed by atoms with Gasteiger partial charge in [0.2, 0.25) is 0 Å². The molecule has 0 aliphatic heterocycles. The van der Waals surface area contributed by atoms with Crippen LogP contribution in [0, 0.1) is 5.92 Å². The van der Waals surface area contributed by atoms with E-state index in [0.29, 0.717) is 5.92 Å². The molecule has 0 saturated carbocycles. The summed E-state index contributed by atoms with van der Waals surface area (Å²) in [6, 6.07) is 53.4. The molecule has 2 nitrogen and oxygen atoms in total. The lowest BCUT2D eigenvalue weighted by atomic mass is 9.86. The summed E-state index contributed by atoms with van der Waals surface area (Å²) in [6.07, 6.45) is 19.6. The highest BCUT2D eigenvalue weighted by Gasteiger charge is 2.19. The normalized spacial score (nSPS) is 13.0. The summed E-state index contributed by atoms with van der Waals surface area (Å²) in [4.78, 5) is 4.68. The van der Waals surface area contributed by atoms with Crippen LogP contribution in [-0.4, -0.2) is 0 Å². The van der Waals surface area contributed by atoms with Gasteiger partial charge in [0.05, 0.1) is 0 Å². The van der Waals surface area contributed by atoms with Crippen molar-refractivity contribution in [1.29, 1.82) is 0 Å². The van der Waals surface area contributed by atoms with E-state index in [-0.39, 0.29) is 16.2 Å². The number of hydrogen-bond acceptors (Lipinski definition) is 2. The minimum Gasteiger partial charge on any atom is -0.311 e. The Labute approximate surface area is 386 Å². The molecule has 0 fully saturated rings. The second kappa shape index (κ2) is 20.4. The summed E-state index contributed by atoms with van der Waals surface area (Å²) in [7, 11) is 0. The van der Waals surface area contributed by atoms with Crippen LogP contribution in [-0.2, 0) is 16.2 Å². The molecule has 0 bridgehead atoms. The molecule has 0 saturated heterocycles. The topological polar surface area (TPSA) is 6.48 Å². The van der Waals surface area contributed by atoms with Gasteiger partial charge in [0.25, 0.3) is 0 Å². The van der Waals surface area contributed by atoms with Crippen LogP contribution in [0.1, 0.15) is 122 Å². The van der Waals surface area contributed by atoms with Gasteiger partial charge in [-0.1, -0.05) is 204 Å². The van der Waals surface area contributed by atoms with Crippen LogP contribution in [0.25, 0.3) is 24.3 Å². The van der Waals surface area contributed by atoms with Crippen LogP contribution in [0.3, 0.4) is 0 Å². The molecule has 0 spiro atoms. The van der Waals surface area contributed by atoms with E-state index >= 15 is 0 Å². The highest BCUT2D eigenvalue weighted by Crippen LogP contribution is 2.38. The second-order valence-electron chi connectivity index (χ2n) is 20.3. The van der Waals surface area contributed by atoms with E-state index < -0.39 is 0 Å². The standard InChI is InChI=1S/C62H70N2/c1-13-15-54(17-14-16-46(2)3)63(57-40-30-51(31-41-57)60(4,5)6)55-36-26-49(27-37-55)24-22-47-18-20-48(21-19-47)23-25-50-28-38-56(39-29-50)64(58-42-32-52(33-43-58)61(7,8)9)59-44-34-53(35-45-59)62(10,11)12/h13-46H,1-12H3/b15-13-,16-14+,24-22+,25-23+,54-17+. The lowest BCUT2D eigenvalue weighted by molar-refractivity contribution is 0.590. The number of nitrogens with zero attached hydrogens (tertiary/aromatic N) is 2. The Kier molecular flexibility index (Phi) is 15.0. The maximum atomic E-state index is 2.35. The molecule has 0 N–H and O–H groups in total. The molecule has 0 amide bonds. The summed E-state index contributed by atoms with van der Waals surface area (Å²) in [6.45, 7) is 26.8. The maximum Gasteiger partial charge on any atom is 0.0462 e. The molecule has 6 rings (SSSR count). The first-order valence-electron chi connectivity index (χ1n) is 23.0. The van der Waals surface area contributed by atoms with E-state index in [4.69, 9.17) is 0 Å². The van der Waals surface area contributed by atoms with Gasteiger partial charge >= 0.3 is 0 Å². The van der Waals surface area contributed by atoms with Crippen molar-refractivity contribution in [2.75, 3.05) is 9.80 Å². The van der Waals surface area contributed by atoms with Crippen molar-refractivity contribution >= 4 is 52.7 Å². The van der Waals surface area contributed by atoms with Gasteiger partial charge in [0, 0.05) is 34.1 Å². The van der Waals surface area contributed by atoms with Crippen LogP contribution in [0.2, 0.25) is 0 Å². The molecule has 0 aromatic heterocycles. The van der Waals surface area contributed by atoms with Crippen LogP contribution in [0.4, 0.5) is 28.4 Å². The molecule has 64 heavy (non-hydrogen) atoms. The second-order valence-corrected chi connectivity index (χ2v) is 20.3. The number of rotatable bonds is 13. The van der Waals surface area contributed by atoms with Gasteiger partial charge in [-0.15, -0.1) is 0 Å². The zero-order valence-electron chi connectivity index (χ0n) is 40.5. The molecular formula is C62H70N2. The Bertz CT molecular complexity index is 2500. The van der Waals surface area contributed by atoms with Crippen molar-refractivity contribution in [3.8, 4) is 0 Å². The average molecular weight is 843 g/mol. The van der Waals surface area contributed by atoms with Crippen LogP contribution < -0.4 is 9.80 Å². The molecule has 0 aliphatic carbocycles. The first kappa shape index (κ1) is 47.1. The summed E-state index contributed by atoms with van der Waals surface area (Å²) >= 11 is 0. The van der Waals surface area contributed by atoms with Crippen LogP contribution >= 0.6 is 0 Å². The molecular weight excluding hydrogens is 773 g/mol. The Morgan fingerprint density at radius 3 is 0.984 bits per heavy atom. The van der Waals surface area contributed by atoms with E-state index in [1.807, 2.05) is 0 Å². The number of allylic oxidation sites excluding steroid dienone is 5. The van der Waals surface area contributed by atoms with Crippen molar-refractivity contribution in [3.05, 3.63) is 221 Å². The largest absolute Gasteiger partial charge is 0.311 e. The third kappa shape index (κ3) is 12.6. The quantitative estimate of drug-likeness (QED) is 0.0844. The zero-order valence-corrected chi connectivity index (χ0v) is 40.5. The van der Waals surface area contributed by atoms with Crippen molar-refractivity contribution in [1.82, 2.24) is 0 Å². The van der Waals surface area contributed by atoms with E-state index in [2.05, 4.69) is 293 Å². The fourth-order valence-corrected chi connectivity index (χ4v) is 7.55. The number of hydrogen-bond donors (Lipinski definition) is 0. The SMILES string of the molecule is C\C=C/C(=C\C=C\C(C)C)N(c1ccc(/C=C/c2ccc(/C=C/c3ccc(N(c4ccc(C(C)(C)C)cc4)c4ccc(C(C)(C)C)cc4)cc3)cc2)cc1)c1ccc(C(C)(C)C)cc1. The molecule has 2 heteroatoms. The third-order valence-corrected chi connectivity index (χ3v) is 11.5. The molecule has 0 radical (unpaired) electrons. The summed E-state index contributed by atoms with van der Waals surface area (Å²) in [5, 5.41) is 0. The van der Waals surface area contributed by atoms with Gasteiger partial charge in [-0.25, -0.2) is 0 Å². The van der Waals surface area contributed by atoms with Gasteiger partial charge in [-0.05, 0) is 141 Å². The highest BCUT2D eigenvalue weighted by atomic mass is 15.1. The van der Waals surface area contributed by atoms with Crippen molar-refractivity contribution < 1.29 is 0 Å². The predicted molar refractivity (Wildman–Crippen MR) is 283 cm³/mol. The molecule has 6 aromatic rings. The monoisotopic (exact) mass is 843 g/mol. The number of anilines is 5. The molecule has 0 heterocycles. The summed E-state index contributed by atoms with van der Waals surface area (Å²) in [5.74, 6) is 0.481. The van der Waals surface area contributed by atoms with Gasteiger partial charge in [0.1, 0.15) is 0 Å². The Morgan fingerprint density at radius 2 is 0.688 bits per heavy atom. The minimum atomic E-state index is 0.0917. The molecule has 0 atom stereocenters. The Balaban J connectivity index is 1.16. The fourth-order valence-electron chi connectivity index (χ4n) is 7.55. The van der Waals surface area contributed by atoms with Crippen molar-refractivity contribution in [2.24, 2.45) is 5.92 Å². The lowest BCUT2D eigenvalue weighted by Gasteiger charge is -2.28. The molecule has 0 aliphatic rings. The molecule has 0 unspecified atom stereocenters. The maximum absolute atomic E-state index is 2.35. The zero-order chi connectivity index (χ0) is 46.1. The fraction of sp³-hybridized carbons (Fsp3) is 0.258. The van der Waals surface area contributed by atoms with E-state index in [1.54, 1.807) is 0 Å². The average Bonchev–Trinajstić information content (AvgIpc) is 3.26. The molecule has 6 aromatic carbocycles. The van der Waals surface area contributed by atoms with Crippen LogP contribution in [0.15, 0.2) is 182 Å². The van der Waals surface area contributed by atoms with E-state index in [9.17, 15) is 0 Å². The van der Waals surface area contributed by atoms with Gasteiger partial charge in [0.15, 0.2) is 0 Å². The van der Waals surface area contributed by atoms with Crippen LogP contribution in [0.5, 0.6) is 0 Å². The predicted octanol–water partition coefficient (Wildman–Crippen LogP) is 18.2. The van der Waals surface area contributed by atoms with Gasteiger partial charge < -0.3 is 9.80 Å². The van der Waals surface area contributed by atoms with Gasteiger partial charge in [-0.2, -0.15) is 0 Å². The minimum absolute atomic E-state index is 0.0917. The lowest BCUT2D eigenvalue weighted by Crippen LogP contribution is -2.16. The van der Waals surface area contributed by atoms with Crippen molar-refractivity contribution in [3.63, 3.8) is 0 Å². The van der Waals surface area contributed by atoms with Gasteiger partial charge in [-0.3, -0.25) is 0 Å². The molecule has 328 valence electrons. The number of benzene rings is 6. The van der Waals surface area contributed by atoms with E-state index in [1.165, 1.54) is 16.7 Å². The summed E-state index contributed by atoms with van der Waals surface area (Å²) in [5.41, 5.74) is 15.7.